The Morgan fingerprint density at radius 3 is 2.27 bits per heavy atom. The van der Waals surface area contributed by atoms with Gasteiger partial charge in [0.25, 0.3) is 0 Å². The van der Waals surface area contributed by atoms with Gasteiger partial charge >= 0.3 is 0 Å². The van der Waals surface area contributed by atoms with E-state index in [1.54, 1.807) is 12.4 Å². The van der Waals surface area contributed by atoms with E-state index in [2.05, 4.69) is 30.5 Å². The fraction of sp³-hybridized carbons (Fsp3) is 0.280. The van der Waals surface area contributed by atoms with Crippen molar-refractivity contribution in [2.24, 2.45) is 0 Å². The van der Waals surface area contributed by atoms with Crippen molar-refractivity contribution in [2.75, 3.05) is 4.72 Å². The number of aryl methyl sites for hydroxylation is 1. The van der Waals surface area contributed by atoms with E-state index in [-0.39, 0.29) is 11.2 Å². The first-order valence-electron chi connectivity index (χ1n) is 10.1. The zero-order valence-corrected chi connectivity index (χ0v) is 18.5. The minimum Gasteiger partial charge on any atom is -0.301 e. The normalized spacial score (nSPS) is 12.4. The van der Waals surface area contributed by atoms with Crippen LogP contribution in [0.2, 0.25) is 0 Å². The number of ketones is 1. The van der Waals surface area contributed by atoms with Crippen LogP contribution in [-0.2, 0) is 34.0 Å². The molecule has 1 heterocycles. The van der Waals surface area contributed by atoms with E-state index in [0.29, 0.717) is 19.3 Å². The molecule has 1 aromatic heterocycles. The molecule has 0 aliphatic rings. The van der Waals surface area contributed by atoms with Gasteiger partial charge in [-0.15, -0.1) is 0 Å². The lowest BCUT2D eigenvalue weighted by Crippen LogP contribution is -2.11. The highest BCUT2D eigenvalue weighted by atomic mass is 32.2. The monoisotopic (exact) mass is 420 g/mol. The molecular weight excluding hydrogens is 392 g/mol. The zero-order valence-electron chi connectivity index (χ0n) is 17.7. The van der Waals surface area contributed by atoms with E-state index < -0.39 is 11.0 Å². The number of nitrogens with one attached hydrogen (secondary N) is 1. The van der Waals surface area contributed by atoms with Crippen LogP contribution in [0.5, 0.6) is 0 Å². The fourth-order valence-electron chi connectivity index (χ4n) is 3.08. The highest BCUT2D eigenvalue weighted by molar-refractivity contribution is 7.86. The molecule has 0 radical (unpaired) electrons. The fourth-order valence-corrected chi connectivity index (χ4v) is 3.93. The number of carbonyl (C=O) groups excluding carboxylic acids is 1. The number of nitrogens with zero attached hydrogens (tertiary/aromatic N) is 1. The minimum absolute atomic E-state index is 0.0682. The van der Waals surface area contributed by atoms with Gasteiger partial charge in [-0.05, 0) is 58.9 Å². The molecule has 0 saturated heterocycles. The van der Waals surface area contributed by atoms with Crippen LogP contribution in [0.3, 0.4) is 0 Å². The molecule has 0 amide bonds. The Bertz CT molecular complexity index is 992. The maximum absolute atomic E-state index is 12.6. The van der Waals surface area contributed by atoms with Crippen LogP contribution in [0.4, 0.5) is 5.69 Å². The predicted octanol–water partition coefficient (Wildman–Crippen LogP) is 5.26. The van der Waals surface area contributed by atoms with Crippen LogP contribution < -0.4 is 4.72 Å². The second-order valence-corrected chi connectivity index (χ2v) is 9.63. The number of anilines is 1. The Morgan fingerprint density at radius 2 is 1.67 bits per heavy atom. The molecule has 156 valence electrons. The highest BCUT2D eigenvalue weighted by Crippen LogP contribution is 2.23. The smallest absolute Gasteiger partial charge is 0.150 e. The largest absolute Gasteiger partial charge is 0.301 e. The summed E-state index contributed by atoms with van der Waals surface area (Å²) in [7, 11) is -1.33. The van der Waals surface area contributed by atoms with Crippen molar-refractivity contribution in [1.29, 1.82) is 0 Å². The molecule has 0 bridgehead atoms. The van der Waals surface area contributed by atoms with Crippen molar-refractivity contribution in [2.45, 2.75) is 50.3 Å². The van der Waals surface area contributed by atoms with Gasteiger partial charge in [0, 0.05) is 30.9 Å². The highest BCUT2D eigenvalue weighted by Gasteiger charge is 2.14. The van der Waals surface area contributed by atoms with Crippen molar-refractivity contribution in [3.05, 3.63) is 89.7 Å². The van der Waals surface area contributed by atoms with E-state index in [1.165, 1.54) is 5.56 Å². The maximum atomic E-state index is 12.6. The summed E-state index contributed by atoms with van der Waals surface area (Å²) in [5.74, 6) is 0.196. The van der Waals surface area contributed by atoms with Gasteiger partial charge in [0.15, 0.2) is 0 Å². The molecular formula is C25H28N2O2S. The topological polar surface area (TPSA) is 59.1 Å². The van der Waals surface area contributed by atoms with Crippen molar-refractivity contribution < 1.29 is 9.00 Å². The summed E-state index contributed by atoms with van der Waals surface area (Å²) in [4.78, 5) is 17.1. The number of hydrogen-bond acceptors (Lipinski definition) is 3. The first kappa shape index (κ1) is 21.9. The summed E-state index contributed by atoms with van der Waals surface area (Å²) in [6.07, 6.45) is 5.14. The molecule has 3 aromatic rings. The van der Waals surface area contributed by atoms with Crippen LogP contribution >= 0.6 is 0 Å². The molecule has 1 N–H and O–H groups in total. The number of pyridine rings is 1. The Labute approximate surface area is 181 Å². The summed E-state index contributed by atoms with van der Waals surface area (Å²) in [6.45, 7) is 6.47. The van der Waals surface area contributed by atoms with E-state index in [4.69, 9.17) is 0 Å². The van der Waals surface area contributed by atoms with E-state index in [0.717, 1.165) is 21.7 Å². The summed E-state index contributed by atoms with van der Waals surface area (Å²) < 4.78 is 15.6. The molecule has 5 heteroatoms. The van der Waals surface area contributed by atoms with Crippen molar-refractivity contribution in [3.8, 4) is 0 Å². The molecule has 2 aromatic carbocycles. The molecule has 4 nitrogen and oxygen atoms in total. The molecule has 0 aliphatic carbocycles. The molecule has 1 atom stereocenters. The molecule has 0 saturated carbocycles. The third-order valence-corrected chi connectivity index (χ3v) is 6.04. The number of rotatable bonds is 8. The predicted molar refractivity (Wildman–Crippen MR) is 123 cm³/mol. The van der Waals surface area contributed by atoms with Crippen LogP contribution in [0.25, 0.3) is 0 Å². The van der Waals surface area contributed by atoms with Crippen molar-refractivity contribution in [3.63, 3.8) is 0 Å². The van der Waals surface area contributed by atoms with Gasteiger partial charge in [-0.1, -0.05) is 51.1 Å². The summed E-state index contributed by atoms with van der Waals surface area (Å²) >= 11 is 0. The second-order valence-electron chi connectivity index (χ2n) is 8.42. The average Bonchev–Trinajstić information content (AvgIpc) is 2.74. The Morgan fingerprint density at radius 1 is 0.967 bits per heavy atom. The van der Waals surface area contributed by atoms with Gasteiger partial charge in [0.1, 0.15) is 16.8 Å². The van der Waals surface area contributed by atoms with E-state index >= 15 is 0 Å². The Balaban J connectivity index is 1.52. The van der Waals surface area contributed by atoms with Gasteiger partial charge in [-0.2, -0.15) is 0 Å². The second kappa shape index (κ2) is 9.81. The van der Waals surface area contributed by atoms with Crippen LogP contribution in [0, 0.1) is 0 Å². The molecule has 1 unspecified atom stereocenters. The summed E-state index contributed by atoms with van der Waals surface area (Å²) in [5.41, 5.74) is 4.07. The zero-order chi connectivity index (χ0) is 21.6. The summed E-state index contributed by atoms with van der Waals surface area (Å²) in [6, 6.07) is 19.3. The standard InChI is InChI=1S/C25H28N2O2S/c1-25(2,3)21-9-14-24(15-10-21)30(29)27-22-11-6-19(7-12-22)17-23(28)13-8-20-5-4-16-26-18-20/h4-7,9-12,14-16,18,27H,8,13,17H2,1-3H3. The molecule has 0 spiro atoms. The van der Waals surface area contributed by atoms with Gasteiger partial charge in [0.05, 0.1) is 4.90 Å². The summed E-state index contributed by atoms with van der Waals surface area (Å²) in [5, 5.41) is 0. The first-order chi connectivity index (χ1) is 14.3. The van der Waals surface area contributed by atoms with E-state index in [9.17, 15) is 9.00 Å². The molecule has 0 aliphatic heterocycles. The molecule has 30 heavy (non-hydrogen) atoms. The van der Waals surface area contributed by atoms with Crippen LogP contribution in [0.1, 0.15) is 43.9 Å². The third kappa shape index (κ3) is 6.36. The number of hydrogen-bond donors (Lipinski definition) is 1. The van der Waals surface area contributed by atoms with Crippen molar-refractivity contribution >= 4 is 22.5 Å². The average molecular weight is 421 g/mol. The van der Waals surface area contributed by atoms with Crippen molar-refractivity contribution in [1.82, 2.24) is 4.98 Å². The lowest BCUT2D eigenvalue weighted by Gasteiger charge is -2.19. The number of benzene rings is 2. The third-order valence-electron chi connectivity index (χ3n) is 4.92. The number of Topliss-reactive ketones (excluding diaryl/α,β-unsaturated/α-hetero) is 1. The maximum Gasteiger partial charge on any atom is 0.150 e. The van der Waals surface area contributed by atoms with Gasteiger partial charge in [-0.25, -0.2) is 4.21 Å². The van der Waals surface area contributed by atoms with Gasteiger partial charge in [0.2, 0.25) is 0 Å². The van der Waals surface area contributed by atoms with Gasteiger partial charge in [-0.3, -0.25) is 9.78 Å². The Kier molecular flexibility index (Phi) is 7.16. The quantitative estimate of drug-likeness (QED) is 0.541. The van der Waals surface area contributed by atoms with Crippen LogP contribution in [0.15, 0.2) is 78.0 Å². The number of carbonyl (C=O) groups is 1. The lowest BCUT2D eigenvalue weighted by atomic mass is 9.87. The SMILES string of the molecule is CC(C)(C)c1ccc(S(=O)Nc2ccc(CC(=O)CCc3cccnc3)cc2)cc1. The molecule has 3 rings (SSSR count). The van der Waals surface area contributed by atoms with E-state index in [1.807, 2.05) is 60.7 Å². The van der Waals surface area contributed by atoms with Gasteiger partial charge < -0.3 is 4.72 Å². The minimum atomic E-state index is -1.33. The first-order valence-corrected chi connectivity index (χ1v) is 11.2. The lowest BCUT2D eigenvalue weighted by molar-refractivity contribution is -0.118. The number of aromatic nitrogens is 1. The van der Waals surface area contributed by atoms with Crippen LogP contribution in [-0.4, -0.2) is 15.0 Å². The molecule has 0 fully saturated rings. The Hall–Kier alpha value is -2.79.